The summed E-state index contributed by atoms with van der Waals surface area (Å²) in [6, 6.07) is 19.6. The average molecular weight is 389 g/mol. The Morgan fingerprint density at radius 3 is 2.44 bits per heavy atom. The number of hydrogen-bond acceptors (Lipinski definition) is 4. The summed E-state index contributed by atoms with van der Waals surface area (Å²) in [5.74, 6) is 0.0378. The number of hydrogen-bond donors (Lipinski definition) is 1. The second-order valence-corrected chi connectivity index (χ2v) is 8.72. The normalized spacial score (nSPS) is 18.4. The van der Waals surface area contributed by atoms with Crippen molar-refractivity contribution in [3.05, 3.63) is 71.8 Å². The van der Waals surface area contributed by atoms with Crippen molar-refractivity contribution in [2.45, 2.75) is 24.7 Å². The van der Waals surface area contributed by atoms with Gasteiger partial charge in [0.1, 0.15) is 0 Å². The Balaban J connectivity index is 1.35. The topological polar surface area (TPSA) is 58.6 Å². The molecule has 0 aliphatic carbocycles. The van der Waals surface area contributed by atoms with Crippen LogP contribution in [-0.4, -0.2) is 46.1 Å². The van der Waals surface area contributed by atoms with Gasteiger partial charge >= 0.3 is 0 Å². The summed E-state index contributed by atoms with van der Waals surface area (Å²) in [6.45, 7) is 4.02. The van der Waals surface area contributed by atoms with E-state index in [9.17, 15) is 8.42 Å². The number of ether oxygens (including phenoxy) is 1. The first-order valence-corrected chi connectivity index (χ1v) is 11.2. The first-order chi connectivity index (χ1) is 13.1. The highest BCUT2D eigenvalue weighted by Crippen LogP contribution is 2.21. The standard InChI is InChI=1S/C21H28N2O3S/c24-27(25,18-19-9-3-1-4-10-19)22-13-7-8-14-23-15-16-26-21(17-23)20-11-5-2-6-12-20/h1-6,9-12,21-22H,7-8,13-18H2. The van der Waals surface area contributed by atoms with E-state index in [1.54, 1.807) is 0 Å². The SMILES string of the molecule is O=S(=O)(Cc1ccccc1)NCCCCN1CCOC(c2ccccc2)C1. The van der Waals surface area contributed by atoms with Gasteiger partial charge in [-0.05, 0) is 30.5 Å². The Bertz CT molecular complexity index is 782. The lowest BCUT2D eigenvalue weighted by Gasteiger charge is -2.33. The van der Waals surface area contributed by atoms with Gasteiger partial charge in [0.05, 0.1) is 18.5 Å². The van der Waals surface area contributed by atoms with Crippen molar-refractivity contribution >= 4 is 10.0 Å². The summed E-state index contributed by atoms with van der Waals surface area (Å²) in [5.41, 5.74) is 2.03. The molecule has 2 aromatic rings. The molecule has 5 nitrogen and oxygen atoms in total. The van der Waals surface area contributed by atoms with Crippen molar-refractivity contribution in [2.24, 2.45) is 0 Å². The molecule has 146 valence electrons. The first kappa shape index (κ1) is 20.0. The highest BCUT2D eigenvalue weighted by atomic mass is 32.2. The second-order valence-electron chi connectivity index (χ2n) is 6.92. The van der Waals surface area contributed by atoms with Crippen LogP contribution in [-0.2, 0) is 20.5 Å². The Kier molecular flexibility index (Phi) is 7.41. The lowest BCUT2D eigenvalue weighted by Crippen LogP contribution is -2.39. The van der Waals surface area contributed by atoms with Crippen LogP contribution in [0.15, 0.2) is 60.7 Å². The lowest BCUT2D eigenvalue weighted by molar-refractivity contribution is -0.0303. The van der Waals surface area contributed by atoms with Gasteiger partial charge in [0.25, 0.3) is 0 Å². The van der Waals surface area contributed by atoms with Gasteiger partial charge in [0, 0.05) is 19.6 Å². The summed E-state index contributed by atoms with van der Waals surface area (Å²) < 4.78 is 32.9. The summed E-state index contributed by atoms with van der Waals surface area (Å²) in [5, 5.41) is 0. The molecule has 1 saturated heterocycles. The Hall–Kier alpha value is -1.73. The van der Waals surface area contributed by atoms with E-state index in [4.69, 9.17) is 4.74 Å². The molecule has 0 radical (unpaired) electrons. The van der Waals surface area contributed by atoms with Gasteiger partial charge in [-0.15, -0.1) is 0 Å². The Morgan fingerprint density at radius 1 is 1.00 bits per heavy atom. The molecular weight excluding hydrogens is 360 g/mol. The molecule has 1 unspecified atom stereocenters. The monoisotopic (exact) mass is 388 g/mol. The maximum Gasteiger partial charge on any atom is 0.215 e. The molecule has 1 aliphatic heterocycles. The zero-order valence-electron chi connectivity index (χ0n) is 15.6. The second kappa shape index (κ2) is 9.99. The number of unbranched alkanes of at least 4 members (excludes halogenated alkanes) is 1. The van der Waals surface area contributed by atoms with Crippen LogP contribution in [0.5, 0.6) is 0 Å². The van der Waals surface area contributed by atoms with Crippen molar-refractivity contribution < 1.29 is 13.2 Å². The van der Waals surface area contributed by atoms with Crippen LogP contribution < -0.4 is 4.72 Å². The number of nitrogens with zero attached hydrogens (tertiary/aromatic N) is 1. The minimum absolute atomic E-state index is 0.0378. The zero-order valence-corrected chi connectivity index (χ0v) is 16.4. The smallest absolute Gasteiger partial charge is 0.215 e. The van der Waals surface area contributed by atoms with Gasteiger partial charge in [-0.1, -0.05) is 60.7 Å². The van der Waals surface area contributed by atoms with Gasteiger partial charge in [-0.2, -0.15) is 0 Å². The number of sulfonamides is 1. The van der Waals surface area contributed by atoms with E-state index in [2.05, 4.69) is 21.8 Å². The molecule has 2 aromatic carbocycles. The van der Waals surface area contributed by atoms with Crippen molar-refractivity contribution in [3.8, 4) is 0 Å². The Labute approximate surface area is 162 Å². The Morgan fingerprint density at radius 2 is 1.70 bits per heavy atom. The largest absolute Gasteiger partial charge is 0.371 e. The molecule has 0 aromatic heterocycles. The fourth-order valence-electron chi connectivity index (χ4n) is 3.31. The predicted molar refractivity (Wildman–Crippen MR) is 108 cm³/mol. The van der Waals surface area contributed by atoms with E-state index in [0.29, 0.717) is 6.54 Å². The molecule has 1 aliphatic rings. The van der Waals surface area contributed by atoms with Crippen molar-refractivity contribution in [1.82, 2.24) is 9.62 Å². The molecule has 27 heavy (non-hydrogen) atoms. The predicted octanol–water partition coefficient (Wildman–Crippen LogP) is 2.96. The molecule has 0 bridgehead atoms. The molecule has 0 spiro atoms. The first-order valence-electron chi connectivity index (χ1n) is 9.52. The third-order valence-corrected chi connectivity index (χ3v) is 6.10. The lowest BCUT2D eigenvalue weighted by atomic mass is 10.1. The summed E-state index contributed by atoms with van der Waals surface area (Å²) >= 11 is 0. The highest BCUT2D eigenvalue weighted by molar-refractivity contribution is 7.88. The van der Waals surface area contributed by atoms with Crippen LogP contribution in [0.3, 0.4) is 0 Å². The highest BCUT2D eigenvalue weighted by Gasteiger charge is 2.21. The van der Waals surface area contributed by atoms with Crippen LogP contribution in [0, 0.1) is 0 Å². The van der Waals surface area contributed by atoms with E-state index in [0.717, 1.165) is 44.6 Å². The van der Waals surface area contributed by atoms with E-state index in [1.165, 1.54) is 5.56 Å². The average Bonchev–Trinajstić information content (AvgIpc) is 2.69. The van der Waals surface area contributed by atoms with Crippen LogP contribution >= 0.6 is 0 Å². The number of rotatable bonds is 9. The van der Waals surface area contributed by atoms with E-state index < -0.39 is 10.0 Å². The molecule has 1 heterocycles. The molecular formula is C21H28N2O3S. The third-order valence-electron chi connectivity index (χ3n) is 4.74. The quantitative estimate of drug-likeness (QED) is 0.671. The maximum absolute atomic E-state index is 12.1. The zero-order chi connectivity index (χ0) is 19.0. The minimum Gasteiger partial charge on any atom is -0.371 e. The third kappa shape index (κ3) is 6.74. The van der Waals surface area contributed by atoms with Gasteiger partial charge in [0.2, 0.25) is 10.0 Å². The molecule has 1 N–H and O–H groups in total. The molecule has 6 heteroatoms. The van der Waals surface area contributed by atoms with Crippen LogP contribution in [0.4, 0.5) is 0 Å². The number of morpholine rings is 1. The van der Waals surface area contributed by atoms with Gasteiger partial charge in [-0.25, -0.2) is 13.1 Å². The van der Waals surface area contributed by atoms with Gasteiger partial charge in [0.15, 0.2) is 0 Å². The summed E-state index contributed by atoms with van der Waals surface area (Å²) in [7, 11) is -3.27. The minimum atomic E-state index is -3.27. The van der Waals surface area contributed by atoms with E-state index in [1.807, 2.05) is 48.5 Å². The van der Waals surface area contributed by atoms with Crippen LogP contribution in [0.2, 0.25) is 0 Å². The van der Waals surface area contributed by atoms with Gasteiger partial charge < -0.3 is 4.74 Å². The summed E-state index contributed by atoms with van der Waals surface area (Å²) in [4.78, 5) is 2.40. The van der Waals surface area contributed by atoms with E-state index >= 15 is 0 Å². The molecule has 1 atom stereocenters. The fraction of sp³-hybridized carbons (Fsp3) is 0.429. The van der Waals surface area contributed by atoms with Crippen molar-refractivity contribution in [3.63, 3.8) is 0 Å². The fourth-order valence-corrected chi connectivity index (χ4v) is 4.50. The molecule has 1 fully saturated rings. The molecule has 0 amide bonds. The van der Waals surface area contributed by atoms with Crippen LogP contribution in [0.25, 0.3) is 0 Å². The molecule has 0 saturated carbocycles. The number of nitrogens with one attached hydrogen (secondary N) is 1. The number of benzene rings is 2. The van der Waals surface area contributed by atoms with E-state index in [-0.39, 0.29) is 11.9 Å². The molecule has 3 rings (SSSR count). The van der Waals surface area contributed by atoms with Crippen molar-refractivity contribution in [2.75, 3.05) is 32.8 Å². The van der Waals surface area contributed by atoms with Gasteiger partial charge in [-0.3, -0.25) is 4.90 Å². The maximum atomic E-state index is 12.1. The van der Waals surface area contributed by atoms with Crippen molar-refractivity contribution in [1.29, 1.82) is 0 Å². The van der Waals surface area contributed by atoms with Crippen LogP contribution in [0.1, 0.15) is 30.1 Å². The summed E-state index contributed by atoms with van der Waals surface area (Å²) in [6.07, 6.45) is 1.93.